The van der Waals surface area contributed by atoms with E-state index < -0.39 is 0 Å². The number of hydrogen-bond acceptors (Lipinski definition) is 1. The summed E-state index contributed by atoms with van der Waals surface area (Å²) in [6.07, 6.45) is 3.79. The van der Waals surface area contributed by atoms with Crippen LogP contribution in [0.25, 0.3) is 22.0 Å². The maximum atomic E-state index is 6.30. The number of rotatable bonds is 1. The number of H-pyrrole nitrogens is 1. The standard InChI is InChI=1S/C13H12ClN3/c1-8-3-9-4-11(10-6-15-17(2)7-10)12(14)5-13(9)16-8/h3-7,16H,1-2H3. The number of aromatic amines is 1. The number of aryl methyl sites for hydroxylation is 2. The summed E-state index contributed by atoms with van der Waals surface area (Å²) >= 11 is 6.30. The predicted molar refractivity (Wildman–Crippen MR) is 70.2 cm³/mol. The van der Waals surface area contributed by atoms with Crippen LogP contribution in [0.15, 0.2) is 30.6 Å². The first-order valence-electron chi connectivity index (χ1n) is 5.41. The van der Waals surface area contributed by atoms with Gasteiger partial charge in [-0.15, -0.1) is 0 Å². The summed E-state index contributed by atoms with van der Waals surface area (Å²) in [5.74, 6) is 0. The third kappa shape index (κ3) is 1.72. The molecule has 3 aromatic rings. The van der Waals surface area contributed by atoms with Crippen LogP contribution in [0.1, 0.15) is 5.69 Å². The number of fused-ring (bicyclic) bond motifs is 1. The summed E-state index contributed by atoms with van der Waals surface area (Å²) in [6, 6.07) is 6.18. The summed E-state index contributed by atoms with van der Waals surface area (Å²) in [7, 11) is 1.90. The zero-order valence-corrected chi connectivity index (χ0v) is 10.4. The fraction of sp³-hybridized carbons (Fsp3) is 0.154. The SMILES string of the molecule is Cc1cc2cc(-c3cnn(C)c3)c(Cl)cc2[nH]1. The normalized spacial score (nSPS) is 11.2. The Hall–Kier alpha value is -1.74. The van der Waals surface area contributed by atoms with Crippen molar-refractivity contribution in [1.82, 2.24) is 14.8 Å². The van der Waals surface area contributed by atoms with Crippen molar-refractivity contribution in [3.8, 4) is 11.1 Å². The molecule has 0 fully saturated rings. The summed E-state index contributed by atoms with van der Waals surface area (Å²) in [6.45, 7) is 2.04. The van der Waals surface area contributed by atoms with E-state index in [9.17, 15) is 0 Å². The number of aromatic nitrogens is 3. The van der Waals surface area contributed by atoms with E-state index in [0.29, 0.717) is 0 Å². The van der Waals surface area contributed by atoms with Crippen molar-refractivity contribution in [3.63, 3.8) is 0 Å². The number of benzene rings is 1. The lowest BCUT2D eigenvalue weighted by molar-refractivity contribution is 0.768. The molecule has 86 valence electrons. The summed E-state index contributed by atoms with van der Waals surface area (Å²) < 4.78 is 1.78. The fourth-order valence-electron chi connectivity index (χ4n) is 2.08. The third-order valence-corrected chi connectivity index (χ3v) is 3.17. The maximum Gasteiger partial charge on any atom is 0.0568 e. The van der Waals surface area contributed by atoms with Gasteiger partial charge in [-0.05, 0) is 25.1 Å². The Labute approximate surface area is 104 Å². The van der Waals surface area contributed by atoms with Crippen molar-refractivity contribution in [2.45, 2.75) is 6.92 Å². The van der Waals surface area contributed by atoms with Crippen molar-refractivity contribution >= 4 is 22.5 Å². The van der Waals surface area contributed by atoms with Crippen LogP contribution in [0, 0.1) is 6.92 Å². The highest BCUT2D eigenvalue weighted by Crippen LogP contribution is 2.31. The Balaban J connectivity index is 2.25. The van der Waals surface area contributed by atoms with Gasteiger partial charge in [-0.3, -0.25) is 4.68 Å². The minimum Gasteiger partial charge on any atom is -0.359 e. The molecule has 2 heterocycles. The van der Waals surface area contributed by atoms with Crippen molar-refractivity contribution in [3.05, 3.63) is 41.3 Å². The summed E-state index contributed by atoms with van der Waals surface area (Å²) in [5.41, 5.74) is 4.27. The molecule has 0 amide bonds. The molecule has 0 aliphatic rings. The van der Waals surface area contributed by atoms with Crippen LogP contribution in [0.4, 0.5) is 0 Å². The van der Waals surface area contributed by atoms with Gasteiger partial charge >= 0.3 is 0 Å². The van der Waals surface area contributed by atoms with E-state index in [1.165, 1.54) is 5.39 Å². The van der Waals surface area contributed by atoms with Crippen molar-refractivity contribution in [2.75, 3.05) is 0 Å². The third-order valence-electron chi connectivity index (χ3n) is 2.86. The maximum absolute atomic E-state index is 6.30. The molecule has 17 heavy (non-hydrogen) atoms. The molecule has 0 aliphatic carbocycles. The molecule has 2 aromatic heterocycles. The van der Waals surface area contributed by atoms with Gasteiger partial charge in [-0.1, -0.05) is 11.6 Å². The Bertz CT molecular complexity index is 694. The number of halogens is 1. The van der Waals surface area contributed by atoms with Crippen LogP contribution >= 0.6 is 11.6 Å². The van der Waals surface area contributed by atoms with Crippen molar-refractivity contribution in [1.29, 1.82) is 0 Å². The molecule has 0 atom stereocenters. The average Bonchev–Trinajstić information content (AvgIpc) is 2.82. The van der Waals surface area contributed by atoms with Crippen LogP contribution in [0.2, 0.25) is 5.02 Å². The van der Waals surface area contributed by atoms with Gasteiger partial charge in [0.15, 0.2) is 0 Å². The van der Waals surface area contributed by atoms with E-state index in [1.807, 2.05) is 32.4 Å². The summed E-state index contributed by atoms with van der Waals surface area (Å²) in [4.78, 5) is 3.28. The first-order valence-corrected chi connectivity index (χ1v) is 5.79. The second kappa shape index (κ2) is 3.64. The van der Waals surface area contributed by atoms with Gasteiger partial charge in [0.1, 0.15) is 0 Å². The minimum atomic E-state index is 0.743. The Kier molecular flexibility index (Phi) is 2.23. The molecule has 3 nitrogen and oxygen atoms in total. The van der Waals surface area contributed by atoms with Gasteiger partial charge in [0.05, 0.1) is 11.2 Å². The molecule has 0 spiro atoms. The van der Waals surface area contributed by atoms with Crippen molar-refractivity contribution in [2.24, 2.45) is 7.05 Å². The molecule has 0 aliphatic heterocycles. The second-order valence-corrected chi connectivity index (χ2v) is 4.68. The fourth-order valence-corrected chi connectivity index (χ4v) is 2.35. The Morgan fingerprint density at radius 3 is 2.82 bits per heavy atom. The average molecular weight is 246 g/mol. The Morgan fingerprint density at radius 2 is 2.12 bits per heavy atom. The van der Waals surface area contributed by atoms with Crippen LogP contribution in [-0.2, 0) is 7.05 Å². The lowest BCUT2D eigenvalue weighted by Crippen LogP contribution is -1.84. The largest absolute Gasteiger partial charge is 0.359 e. The highest BCUT2D eigenvalue weighted by atomic mass is 35.5. The molecular formula is C13H12ClN3. The molecule has 0 saturated heterocycles. The number of hydrogen-bond donors (Lipinski definition) is 1. The first-order chi connectivity index (χ1) is 8.13. The first kappa shape index (κ1) is 10.4. The van der Waals surface area contributed by atoms with Gasteiger partial charge in [-0.25, -0.2) is 0 Å². The quantitative estimate of drug-likeness (QED) is 0.699. The Morgan fingerprint density at radius 1 is 1.29 bits per heavy atom. The zero-order chi connectivity index (χ0) is 12.0. The van der Waals surface area contributed by atoms with Gasteiger partial charge in [-0.2, -0.15) is 5.10 Å². The highest BCUT2D eigenvalue weighted by molar-refractivity contribution is 6.34. The molecule has 3 rings (SSSR count). The van der Waals surface area contributed by atoms with E-state index in [0.717, 1.165) is 27.4 Å². The monoisotopic (exact) mass is 245 g/mol. The number of nitrogens with one attached hydrogen (secondary N) is 1. The van der Waals surface area contributed by atoms with E-state index >= 15 is 0 Å². The van der Waals surface area contributed by atoms with Crippen LogP contribution in [-0.4, -0.2) is 14.8 Å². The molecule has 0 bridgehead atoms. The van der Waals surface area contributed by atoms with Gasteiger partial charge in [0.2, 0.25) is 0 Å². The molecule has 0 saturated carbocycles. The molecule has 0 unspecified atom stereocenters. The molecule has 4 heteroatoms. The lowest BCUT2D eigenvalue weighted by Gasteiger charge is -2.01. The predicted octanol–water partition coefficient (Wildman–Crippen LogP) is 3.53. The lowest BCUT2D eigenvalue weighted by atomic mass is 10.1. The highest BCUT2D eigenvalue weighted by Gasteiger charge is 2.08. The van der Waals surface area contributed by atoms with E-state index in [2.05, 4.69) is 22.2 Å². The van der Waals surface area contributed by atoms with Crippen molar-refractivity contribution < 1.29 is 0 Å². The minimum absolute atomic E-state index is 0.743. The second-order valence-electron chi connectivity index (χ2n) is 4.27. The molecule has 1 N–H and O–H groups in total. The van der Waals surface area contributed by atoms with Gasteiger partial charge in [0, 0.05) is 41.0 Å². The molecule has 0 radical (unpaired) electrons. The van der Waals surface area contributed by atoms with E-state index in [-0.39, 0.29) is 0 Å². The zero-order valence-electron chi connectivity index (χ0n) is 9.66. The van der Waals surface area contributed by atoms with Gasteiger partial charge < -0.3 is 4.98 Å². The van der Waals surface area contributed by atoms with Crippen LogP contribution < -0.4 is 0 Å². The molecule has 1 aromatic carbocycles. The topological polar surface area (TPSA) is 33.6 Å². The summed E-state index contributed by atoms with van der Waals surface area (Å²) in [5, 5.41) is 6.08. The van der Waals surface area contributed by atoms with E-state index in [4.69, 9.17) is 11.6 Å². The van der Waals surface area contributed by atoms with Crippen LogP contribution in [0.3, 0.4) is 0 Å². The van der Waals surface area contributed by atoms with Gasteiger partial charge in [0.25, 0.3) is 0 Å². The number of nitrogens with zero attached hydrogens (tertiary/aromatic N) is 2. The van der Waals surface area contributed by atoms with E-state index in [1.54, 1.807) is 4.68 Å². The van der Waals surface area contributed by atoms with Crippen LogP contribution in [0.5, 0.6) is 0 Å². The smallest absolute Gasteiger partial charge is 0.0568 e. The molecular weight excluding hydrogens is 234 g/mol.